The van der Waals surface area contributed by atoms with Crippen molar-refractivity contribution >= 4 is 22.1 Å². The lowest BCUT2D eigenvalue weighted by Crippen LogP contribution is -2.43. The lowest BCUT2D eigenvalue weighted by Gasteiger charge is -2.28. The summed E-state index contributed by atoms with van der Waals surface area (Å²) < 4.78 is 49.3. The summed E-state index contributed by atoms with van der Waals surface area (Å²) in [6, 6.07) is 0. The molecule has 0 aliphatic carbocycles. The van der Waals surface area contributed by atoms with E-state index in [1.807, 2.05) is 0 Å². The van der Waals surface area contributed by atoms with E-state index in [-0.39, 0.29) is 27.9 Å². The molecule has 1 aliphatic heterocycles. The minimum Gasteiger partial charge on any atom is -0.220 e. The van der Waals surface area contributed by atoms with Gasteiger partial charge in [0.25, 0.3) is 10.0 Å². The first-order chi connectivity index (χ1) is 7.42. The Bertz CT molecular complexity index is 319. The molecule has 1 saturated heterocycles. The fourth-order valence-corrected chi connectivity index (χ4v) is 3.25. The lowest BCUT2D eigenvalue weighted by molar-refractivity contribution is -0.433. The second-order valence-corrected chi connectivity index (χ2v) is 6.21. The van der Waals surface area contributed by atoms with E-state index in [9.17, 15) is 17.2 Å². The molecule has 0 unspecified atom stereocenters. The number of nitrogens with zero attached hydrogens (tertiary/aromatic N) is 1. The predicted molar refractivity (Wildman–Crippen MR) is 65.1 cm³/mol. The van der Waals surface area contributed by atoms with Gasteiger partial charge in [0.15, 0.2) is 0 Å². The fraction of sp³-hybridized carbons (Fsp3) is 1.00. The second-order valence-electron chi connectivity index (χ2n) is 3.15. The van der Waals surface area contributed by atoms with Crippen LogP contribution in [-0.2, 0) is 19.4 Å². The van der Waals surface area contributed by atoms with Crippen molar-refractivity contribution in [1.29, 1.82) is 0 Å². The third-order valence-corrected chi connectivity index (χ3v) is 4.92. The topological polar surface area (TPSA) is 76.1 Å². The Labute approximate surface area is 110 Å². The largest absolute Gasteiger partial charge is 0.433 e. The molecule has 1 heterocycles. The Morgan fingerprint density at radius 1 is 1.17 bits per heavy atom. The molecule has 18 heavy (non-hydrogen) atoms. The van der Waals surface area contributed by atoms with E-state index in [4.69, 9.17) is 5.26 Å². The van der Waals surface area contributed by atoms with Crippen molar-refractivity contribution in [3.05, 3.63) is 0 Å². The van der Waals surface area contributed by atoms with Crippen molar-refractivity contribution in [2.75, 3.05) is 13.1 Å². The van der Waals surface area contributed by atoms with Gasteiger partial charge in [-0.25, -0.2) is 13.7 Å². The third-order valence-electron chi connectivity index (χ3n) is 2.12. The number of sulfonamides is 1. The number of alkyl halides is 2. The maximum Gasteiger partial charge on any atom is 0.433 e. The molecule has 0 aromatic rings. The number of rotatable bonds is 5. The molecular formula is C8H19F2NO5S2. The van der Waals surface area contributed by atoms with Crippen LogP contribution in [0.1, 0.15) is 34.1 Å². The van der Waals surface area contributed by atoms with Gasteiger partial charge in [0.2, 0.25) is 0 Å². The summed E-state index contributed by atoms with van der Waals surface area (Å²) in [6.07, 6.45) is 1.93. The van der Waals surface area contributed by atoms with E-state index < -0.39 is 26.7 Å². The molecule has 1 aliphatic rings. The highest BCUT2D eigenvalue weighted by Crippen LogP contribution is 2.38. The van der Waals surface area contributed by atoms with Crippen molar-refractivity contribution in [1.82, 2.24) is 4.31 Å². The number of halogens is 2. The summed E-state index contributed by atoms with van der Waals surface area (Å²) in [6.45, 7) is 0.136. The Morgan fingerprint density at radius 3 is 2.11 bits per heavy atom. The molecule has 1 N–H and O–H groups in total. The molecule has 1 fully saturated rings. The van der Waals surface area contributed by atoms with Crippen molar-refractivity contribution in [3.63, 3.8) is 0 Å². The van der Waals surface area contributed by atoms with E-state index in [1.54, 1.807) is 0 Å². The molecule has 6 nitrogen and oxygen atoms in total. The monoisotopic (exact) mass is 311 g/mol. The van der Waals surface area contributed by atoms with E-state index in [0.29, 0.717) is 17.1 Å². The third kappa shape index (κ3) is 4.59. The molecule has 0 saturated carbocycles. The summed E-state index contributed by atoms with van der Waals surface area (Å²) in [5.74, 6) is 0. The van der Waals surface area contributed by atoms with Crippen molar-refractivity contribution in [3.8, 4) is 0 Å². The van der Waals surface area contributed by atoms with Crippen LogP contribution in [0, 0.1) is 0 Å². The van der Waals surface area contributed by atoms with Crippen LogP contribution < -0.4 is 0 Å². The summed E-state index contributed by atoms with van der Waals surface area (Å²) in [4.78, 5) is 0. The van der Waals surface area contributed by atoms with Crippen LogP contribution in [0.25, 0.3) is 0 Å². The van der Waals surface area contributed by atoms with Gasteiger partial charge in [-0.05, 0) is 12.8 Å². The Morgan fingerprint density at radius 2 is 1.67 bits per heavy atom. The molecule has 0 spiro atoms. The van der Waals surface area contributed by atoms with Gasteiger partial charge in [-0.3, -0.25) is 0 Å². The molecule has 0 amide bonds. The molecule has 0 atom stereocenters. The summed E-state index contributed by atoms with van der Waals surface area (Å²) in [5.41, 5.74) is 0. The van der Waals surface area contributed by atoms with E-state index in [0.717, 1.165) is 6.42 Å². The maximum atomic E-state index is 13.2. The average molecular weight is 311 g/mol. The van der Waals surface area contributed by atoms with Gasteiger partial charge in [-0.2, -0.15) is 13.1 Å². The van der Waals surface area contributed by atoms with Gasteiger partial charge in [-0.15, -0.1) is 4.33 Å². The molecule has 0 aromatic carbocycles. The van der Waals surface area contributed by atoms with Crippen LogP contribution in [0.4, 0.5) is 8.78 Å². The standard InChI is InChI=1S/C6H11F2NO5S2.2CH4/c7-6(8,15-14-13-10)16(11,12)9-4-2-1-3-5-9;;/h10H,1-5H2;2*1H4. The molecule has 0 bridgehead atoms. The van der Waals surface area contributed by atoms with E-state index in [1.165, 1.54) is 0 Å². The van der Waals surface area contributed by atoms with Gasteiger partial charge in [0, 0.05) is 13.1 Å². The van der Waals surface area contributed by atoms with Gasteiger partial charge in [0.1, 0.15) is 12.0 Å². The fourth-order valence-electron chi connectivity index (χ4n) is 1.35. The van der Waals surface area contributed by atoms with Gasteiger partial charge >= 0.3 is 4.59 Å². The minimum atomic E-state index is -4.79. The SMILES string of the molecule is C.C.O=S(=O)(N1CCCCC1)C(F)(F)SOOO. The smallest absolute Gasteiger partial charge is 0.220 e. The lowest BCUT2D eigenvalue weighted by atomic mass is 10.2. The molecule has 10 heteroatoms. The molecule has 1 rings (SSSR count). The Kier molecular flexibility index (Phi) is 9.29. The van der Waals surface area contributed by atoms with E-state index in [2.05, 4.69) is 9.37 Å². The van der Waals surface area contributed by atoms with Crippen molar-refractivity contribution < 1.29 is 31.8 Å². The zero-order valence-electron chi connectivity index (χ0n) is 8.14. The predicted octanol–water partition coefficient (Wildman–Crippen LogP) is 2.69. The number of hydrogen-bond donors (Lipinski definition) is 1. The normalized spacial score (nSPS) is 17.7. The zero-order chi connectivity index (χ0) is 12.2. The summed E-state index contributed by atoms with van der Waals surface area (Å²) in [7, 11) is -4.79. The molecular weight excluding hydrogens is 292 g/mol. The average Bonchev–Trinajstić information content (AvgIpc) is 2.27. The van der Waals surface area contributed by atoms with Crippen LogP contribution in [0.15, 0.2) is 0 Å². The van der Waals surface area contributed by atoms with Crippen LogP contribution in [0.3, 0.4) is 0 Å². The molecule has 0 aromatic heterocycles. The number of hydrogen-bond acceptors (Lipinski definition) is 6. The maximum absolute atomic E-state index is 13.2. The molecule has 112 valence electrons. The highest BCUT2D eigenvalue weighted by Gasteiger charge is 2.51. The quantitative estimate of drug-likeness (QED) is 0.478. The minimum absolute atomic E-state index is 0. The second kappa shape index (κ2) is 8.23. The van der Waals surface area contributed by atoms with Crippen LogP contribution >= 0.6 is 12.0 Å². The molecule has 0 radical (unpaired) electrons. The van der Waals surface area contributed by atoms with Gasteiger partial charge in [-0.1, -0.05) is 26.3 Å². The van der Waals surface area contributed by atoms with Crippen molar-refractivity contribution in [2.24, 2.45) is 0 Å². The van der Waals surface area contributed by atoms with Crippen LogP contribution in [0.2, 0.25) is 0 Å². The summed E-state index contributed by atoms with van der Waals surface area (Å²) in [5, 5.41) is 10.7. The van der Waals surface area contributed by atoms with Gasteiger partial charge in [0.05, 0.1) is 0 Å². The van der Waals surface area contributed by atoms with Crippen molar-refractivity contribution in [2.45, 2.75) is 38.7 Å². The highest BCUT2D eigenvalue weighted by molar-refractivity contribution is 8.10. The van der Waals surface area contributed by atoms with E-state index >= 15 is 0 Å². The number of piperidine rings is 1. The first-order valence-electron chi connectivity index (χ1n) is 4.45. The first-order valence-corrected chi connectivity index (χ1v) is 6.63. The van der Waals surface area contributed by atoms with Gasteiger partial charge < -0.3 is 0 Å². The van der Waals surface area contributed by atoms with Crippen LogP contribution in [-0.4, -0.2) is 35.7 Å². The Hall–Kier alpha value is -0.0000000000000000971. The first kappa shape index (κ1) is 20.3. The highest BCUT2D eigenvalue weighted by atomic mass is 32.3. The summed E-state index contributed by atoms with van der Waals surface area (Å²) >= 11 is -0.756. The Balaban J connectivity index is 0. The van der Waals surface area contributed by atoms with Crippen LogP contribution in [0.5, 0.6) is 0 Å². The zero-order valence-corrected chi connectivity index (χ0v) is 9.77.